The van der Waals surface area contributed by atoms with Gasteiger partial charge < -0.3 is 5.32 Å². The van der Waals surface area contributed by atoms with E-state index in [-0.39, 0.29) is 31.4 Å². The summed E-state index contributed by atoms with van der Waals surface area (Å²) in [6.07, 6.45) is 2.98. The molecule has 0 spiro atoms. The van der Waals surface area contributed by atoms with E-state index >= 15 is 0 Å². The number of carbonyl (C=O) groups excluding carboxylic acids is 1. The molecule has 11 heteroatoms. The molecule has 2 heterocycles. The smallest absolute Gasteiger partial charge is 0.346 e. The Morgan fingerprint density at radius 1 is 1.46 bits per heavy atom. The van der Waals surface area contributed by atoms with Crippen molar-refractivity contribution in [2.45, 2.75) is 25.4 Å². The molecule has 9 nitrogen and oxygen atoms in total. The lowest BCUT2D eigenvalue weighted by atomic mass is 10.4. The maximum Gasteiger partial charge on any atom is 0.346 e. The van der Waals surface area contributed by atoms with Crippen LogP contribution < -0.4 is 11.0 Å². The van der Waals surface area contributed by atoms with Gasteiger partial charge in [-0.25, -0.2) is 17.9 Å². The molecular formula is C15H21N5O4S2. The Balaban J connectivity index is 1.65. The number of thiophene rings is 1. The first kappa shape index (κ1) is 18.8. The minimum atomic E-state index is -3.41. The van der Waals surface area contributed by atoms with Crippen molar-refractivity contribution < 1.29 is 13.2 Å². The summed E-state index contributed by atoms with van der Waals surface area (Å²) in [4.78, 5) is 25.4. The molecule has 0 aromatic carbocycles. The van der Waals surface area contributed by atoms with Gasteiger partial charge in [-0.1, -0.05) is 6.07 Å². The molecule has 1 saturated carbocycles. The fourth-order valence-corrected chi connectivity index (χ4v) is 3.54. The van der Waals surface area contributed by atoms with Crippen LogP contribution in [0.15, 0.2) is 22.3 Å². The highest BCUT2D eigenvalue weighted by Crippen LogP contribution is 2.37. The minimum Gasteiger partial charge on any atom is -0.353 e. The molecule has 1 N–H and O–H groups in total. The summed E-state index contributed by atoms with van der Waals surface area (Å²) in [5.74, 6) is 0.238. The zero-order valence-electron chi connectivity index (χ0n) is 14.6. The summed E-state index contributed by atoms with van der Waals surface area (Å²) in [6, 6.07) is 4.05. The highest BCUT2D eigenvalue weighted by molar-refractivity contribution is 7.88. The van der Waals surface area contributed by atoms with E-state index in [0.29, 0.717) is 5.82 Å². The number of aromatic nitrogens is 3. The van der Waals surface area contributed by atoms with Gasteiger partial charge in [0.1, 0.15) is 0 Å². The highest BCUT2D eigenvalue weighted by Gasteiger charge is 2.30. The maximum atomic E-state index is 12.6. The number of amides is 1. The second-order valence-electron chi connectivity index (χ2n) is 6.28. The zero-order chi connectivity index (χ0) is 18.9. The van der Waals surface area contributed by atoms with Crippen molar-refractivity contribution in [3.05, 3.63) is 28.0 Å². The quantitative estimate of drug-likeness (QED) is 0.678. The summed E-state index contributed by atoms with van der Waals surface area (Å²) in [5, 5.41) is 8.99. The van der Waals surface area contributed by atoms with Crippen LogP contribution >= 0.6 is 11.3 Å². The van der Waals surface area contributed by atoms with Gasteiger partial charge in [0, 0.05) is 19.6 Å². The van der Waals surface area contributed by atoms with Crippen molar-refractivity contribution in [3.8, 4) is 10.7 Å². The second kappa shape index (κ2) is 7.33. The van der Waals surface area contributed by atoms with Gasteiger partial charge in [-0.05, 0) is 24.3 Å². The number of carbonyl (C=O) groups is 1. The van der Waals surface area contributed by atoms with E-state index in [1.165, 1.54) is 23.1 Å². The Hall–Kier alpha value is -1.98. The lowest BCUT2D eigenvalue weighted by Crippen LogP contribution is -2.39. The van der Waals surface area contributed by atoms with Crippen LogP contribution in [0.3, 0.4) is 0 Å². The number of sulfonamides is 1. The molecule has 3 rings (SSSR count). The normalized spacial score (nSPS) is 14.7. The number of likely N-dealkylation sites (N-methyl/N-ethyl adjacent to an activating group) is 1. The molecule has 26 heavy (non-hydrogen) atoms. The Kier molecular flexibility index (Phi) is 5.30. The molecule has 0 aliphatic heterocycles. The lowest BCUT2D eigenvalue weighted by molar-refractivity contribution is -0.121. The van der Waals surface area contributed by atoms with Gasteiger partial charge in [-0.3, -0.25) is 9.36 Å². The predicted octanol–water partition coefficient (Wildman–Crippen LogP) is 0.116. The molecule has 1 aliphatic carbocycles. The van der Waals surface area contributed by atoms with Crippen LogP contribution in [0.1, 0.15) is 18.9 Å². The molecule has 142 valence electrons. The average Bonchev–Trinajstić information content (AvgIpc) is 3.13. The van der Waals surface area contributed by atoms with Gasteiger partial charge in [-0.2, -0.15) is 4.31 Å². The highest BCUT2D eigenvalue weighted by atomic mass is 32.2. The van der Waals surface area contributed by atoms with Crippen molar-refractivity contribution in [2.24, 2.45) is 0 Å². The van der Waals surface area contributed by atoms with Crippen LogP contribution in [-0.4, -0.2) is 59.4 Å². The molecule has 1 fully saturated rings. The molecule has 1 amide bonds. The van der Waals surface area contributed by atoms with Crippen LogP contribution in [-0.2, 0) is 21.4 Å². The van der Waals surface area contributed by atoms with Crippen molar-refractivity contribution in [2.75, 3.05) is 26.4 Å². The van der Waals surface area contributed by atoms with E-state index in [2.05, 4.69) is 10.4 Å². The predicted molar refractivity (Wildman–Crippen MR) is 98.6 cm³/mol. The van der Waals surface area contributed by atoms with E-state index in [0.717, 1.165) is 28.3 Å². The molecule has 0 atom stereocenters. The average molecular weight is 399 g/mol. The number of hydrogen-bond donors (Lipinski definition) is 1. The number of nitrogens with zero attached hydrogens (tertiary/aromatic N) is 4. The van der Waals surface area contributed by atoms with E-state index in [1.54, 1.807) is 4.57 Å². The van der Waals surface area contributed by atoms with Gasteiger partial charge in [0.15, 0.2) is 5.82 Å². The topological polar surface area (TPSA) is 106 Å². The maximum absolute atomic E-state index is 12.6. The Labute approximate surface area is 155 Å². The molecule has 2 aromatic heterocycles. The van der Waals surface area contributed by atoms with E-state index < -0.39 is 15.9 Å². The summed E-state index contributed by atoms with van der Waals surface area (Å²) in [6.45, 7) is 0.165. The second-order valence-corrected chi connectivity index (χ2v) is 9.31. The molecule has 0 bridgehead atoms. The number of hydrogen-bond acceptors (Lipinski definition) is 6. The van der Waals surface area contributed by atoms with Gasteiger partial charge in [0.2, 0.25) is 15.9 Å². The molecule has 0 saturated heterocycles. The van der Waals surface area contributed by atoms with Crippen LogP contribution in [0.4, 0.5) is 0 Å². The van der Waals surface area contributed by atoms with Gasteiger partial charge >= 0.3 is 5.69 Å². The first-order valence-electron chi connectivity index (χ1n) is 8.18. The van der Waals surface area contributed by atoms with Crippen LogP contribution in [0, 0.1) is 0 Å². The fourth-order valence-electron chi connectivity index (χ4n) is 2.48. The first-order valence-corrected chi connectivity index (χ1v) is 10.9. The molecule has 2 aromatic rings. The van der Waals surface area contributed by atoms with Crippen molar-refractivity contribution >= 4 is 27.3 Å². The standard InChI is InChI=1S/C15H21N5O4S2/c1-18(26(2,23)24)10-13(21)16-7-8-19-15(22)20(11-5-6-11)14(17-19)12-4-3-9-25-12/h3-4,9,11H,5-8,10H2,1-2H3,(H,16,21). The molecule has 1 aliphatic rings. The van der Waals surface area contributed by atoms with E-state index in [1.807, 2.05) is 17.5 Å². The third-order valence-electron chi connectivity index (χ3n) is 4.10. The number of nitrogens with one attached hydrogen (secondary N) is 1. The van der Waals surface area contributed by atoms with Gasteiger partial charge in [0.25, 0.3) is 0 Å². The third kappa shape index (κ3) is 4.22. The third-order valence-corrected chi connectivity index (χ3v) is 6.23. The van der Waals surface area contributed by atoms with Crippen molar-refractivity contribution in [1.82, 2.24) is 24.0 Å². The Bertz CT molecular complexity index is 941. The zero-order valence-corrected chi connectivity index (χ0v) is 16.2. The van der Waals surface area contributed by atoms with Crippen LogP contribution in [0.2, 0.25) is 0 Å². The van der Waals surface area contributed by atoms with Crippen molar-refractivity contribution in [1.29, 1.82) is 0 Å². The molecule has 0 radical (unpaired) electrons. The lowest BCUT2D eigenvalue weighted by Gasteiger charge is -2.13. The first-order chi connectivity index (χ1) is 12.3. The largest absolute Gasteiger partial charge is 0.353 e. The number of rotatable bonds is 8. The monoisotopic (exact) mass is 399 g/mol. The van der Waals surface area contributed by atoms with Crippen LogP contribution in [0.5, 0.6) is 0 Å². The Morgan fingerprint density at radius 3 is 2.77 bits per heavy atom. The SMILES string of the molecule is CN(CC(=O)NCCn1nc(-c2cccs2)n(C2CC2)c1=O)S(C)(=O)=O. The van der Waals surface area contributed by atoms with Gasteiger partial charge in [0.05, 0.1) is 24.2 Å². The van der Waals surface area contributed by atoms with Crippen LogP contribution in [0.25, 0.3) is 10.7 Å². The fraction of sp³-hybridized carbons (Fsp3) is 0.533. The summed E-state index contributed by atoms with van der Waals surface area (Å²) >= 11 is 1.53. The molecule has 0 unspecified atom stereocenters. The van der Waals surface area contributed by atoms with E-state index in [9.17, 15) is 18.0 Å². The van der Waals surface area contributed by atoms with Crippen molar-refractivity contribution in [3.63, 3.8) is 0 Å². The summed E-state index contributed by atoms with van der Waals surface area (Å²) in [5.41, 5.74) is -0.182. The van der Waals surface area contributed by atoms with Gasteiger partial charge in [-0.15, -0.1) is 16.4 Å². The Morgan fingerprint density at radius 2 is 2.19 bits per heavy atom. The summed E-state index contributed by atoms with van der Waals surface area (Å²) in [7, 11) is -2.07. The summed E-state index contributed by atoms with van der Waals surface area (Å²) < 4.78 is 26.7. The molecular weight excluding hydrogens is 378 g/mol. The minimum absolute atomic E-state index is 0.182. The van der Waals surface area contributed by atoms with E-state index in [4.69, 9.17) is 0 Å².